The highest BCUT2D eigenvalue weighted by atomic mass is 32.2. The summed E-state index contributed by atoms with van der Waals surface area (Å²) < 4.78 is -0.659. The van der Waals surface area contributed by atoms with Gasteiger partial charge in [-0.3, -0.25) is 14.4 Å². The van der Waals surface area contributed by atoms with Crippen molar-refractivity contribution < 1.29 is 19.5 Å². The lowest BCUT2D eigenvalue weighted by molar-refractivity contribution is -0.144. The van der Waals surface area contributed by atoms with Gasteiger partial charge in [-0.25, -0.2) is 0 Å². The van der Waals surface area contributed by atoms with E-state index >= 15 is 0 Å². The first-order valence-electron chi connectivity index (χ1n) is 13.5. The van der Waals surface area contributed by atoms with Gasteiger partial charge in [0.25, 0.3) is 0 Å². The van der Waals surface area contributed by atoms with Crippen molar-refractivity contribution in [3.8, 4) is 0 Å². The maximum atomic E-state index is 14.2. The molecule has 1 aromatic carbocycles. The Labute approximate surface area is 219 Å². The summed E-state index contributed by atoms with van der Waals surface area (Å²) in [6.07, 6.45) is 3.42. The maximum absolute atomic E-state index is 14.2. The van der Waals surface area contributed by atoms with Gasteiger partial charge in [-0.05, 0) is 30.2 Å². The minimum atomic E-state index is -0.685. The number of hydrogen-bond donors (Lipinski definition) is 3. The largest absolute Gasteiger partial charge is 0.394 e. The number of carbonyl (C=O) groups is 3. The summed E-state index contributed by atoms with van der Waals surface area (Å²) in [6.45, 7) is 9.02. The lowest BCUT2D eigenvalue weighted by Crippen LogP contribution is -2.59. The van der Waals surface area contributed by atoms with Gasteiger partial charge in [0.15, 0.2) is 0 Å². The molecule has 8 heteroatoms. The van der Waals surface area contributed by atoms with Crippen molar-refractivity contribution in [1.82, 2.24) is 15.5 Å². The average molecular weight is 516 g/mol. The van der Waals surface area contributed by atoms with E-state index in [1.807, 2.05) is 44.2 Å². The zero-order valence-corrected chi connectivity index (χ0v) is 22.7. The smallest absolute Gasteiger partial charge is 0.244 e. The van der Waals surface area contributed by atoms with Crippen LogP contribution in [0.4, 0.5) is 0 Å². The van der Waals surface area contributed by atoms with E-state index in [1.165, 1.54) is 0 Å². The number of benzene rings is 1. The first-order valence-corrected chi connectivity index (χ1v) is 14.4. The monoisotopic (exact) mass is 515 g/mol. The second kappa shape index (κ2) is 11.1. The number of likely N-dealkylation sites (tertiary alicyclic amines) is 1. The molecule has 3 aliphatic heterocycles. The molecule has 3 unspecified atom stereocenters. The fraction of sp³-hybridized carbons (Fsp3) is 0.679. The van der Waals surface area contributed by atoms with Crippen LogP contribution < -0.4 is 10.6 Å². The van der Waals surface area contributed by atoms with Crippen LogP contribution in [0.2, 0.25) is 0 Å². The van der Waals surface area contributed by atoms with Crippen molar-refractivity contribution in [2.24, 2.45) is 23.7 Å². The summed E-state index contributed by atoms with van der Waals surface area (Å²) in [5.74, 6) is -1.30. The van der Waals surface area contributed by atoms with E-state index in [-0.39, 0.29) is 41.4 Å². The molecule has 4 rings (SSSR count). The summed E-state index contributed by atoms with van der Waals surface area (Å²) in [5.41, 5.74) is 1.01. The third kappa shape index (κ3) is 4.44. The zero-order chi connectivity index (χ0) is 26.0. The summed E-state index contributed by atoms with van der Waals surface area (Å²) >= 11 is 1.68. The number of aliphatic hydroxyl groups excluding tert-OH is 1. The van der Waals surface area contributed by atoms with Crippen molar-refractivity contribution in [3.05, 3.63) is 35.9 Å². The number of rotatable bonds is 11. The van der Waals surface area contributed by atoms with Gasteiger partial charge in [-0.15, -0.1) is 11.8 Å². The summed E-state index contributed by atoms with van der Waals surface area (Å²) in [4.78, 5) is 43.2. The number of aliphatic hydroxyl groups is 1. The molecule has 3 fully saturated rings. The van der Waals surface area contributed by atoms with Crippen LogP contribution in [0, 0.1) is 23.7 Å². The second-order valence-electron chi connectivity index (χ2n) is 10.8. The number of amides is 3. The molecule has 3 saturated heterocycles. The Hall–Kier alpha value is -2.06. The van der Waals surface area contributed by atoms with E-state index in [9.17, 15) is 19.5 Å². The van der Waals surface area contributed by atoms with Crippen LogP contribution in [0.5, 0.6) is 0 Å². The Balaban J connectivity index is 1.68. The molecule has 8 atom stereocenters. The standard InChI is InChI=1S/C28H41N3O4S/c1-5-7-13-29-26(34)24-28-18(4)14-21(36-28)22(25(33)30-15-19-11-9-8-10-12-19)23(28)27(35)31(24)20(16-32)17(3)6-2/h8-12,17-18,20-24,32H,5-7,13-16H2,1-4H3,(H,29,34)(H,30,33)/t17-,18?,20-,21+,22-,23-,24?,28?/m0/s1. The van der Waals surface area contributed by atoms with Gasteiger partial charge in [-0.1, -0.05) is 70.9 Å². The van der Waals surface area contributed by atoms with Gasteiger partial charge in [-0.2, -0.15) is 0 Å². The third-order valence-electron chi connectivity index (χ3n) is 8.72. The summed E-state index contributed by atoms with van der Waals surface area (Å²) in [6, 6.07) is 8.62. The zero-order valence-electron chi connectivity index (χ0n) is 21.9. The van der Waals surface area contributed by atoms with Gasteiger partial charge < -0.3 is 20.6 Å². The lowest BCUT2D eigenvalue weighted by atomic mass is 9.66. The molecule has 0 saturated carbocycles. The molecule has 198 valence electrons. The highest BCUT2D eigenvalue weighted by Gasteiger charge is 2.76. The Morgan fingerprint density at radius 3 is 2.56 bits per heavy atom. The fourth-order valence-corrected chi connectivity index (χ4v) is 9.03. The van der Waals surface area contributed by atoms with Gasteiger partial charge in [0.1, 0.15) is 6.04 Å². The molecule has 3 amide bonds. The van der Waals surface area contributed by atoms with Gasteiger partial charge in [0.2, 0.25) is 17.7 Å². The molecular formula is C28H41N3O4S. The number of nitrogens with zero attached hydrogens (tertiary/aromatic N) is 1. The van der Waals surface area contributed by atoms with Crippen molar-refractivity contribution in [2.75, 3.05) is 13.2 Å². The number of thioether (sulfide) groups is 1. The molecule has 7 nitrogen and oxygen atoms in total. The van der Waals surface area contributed by atoms with Crippen molar-refractivity contribution in [1.29, 1.82) is 0 Å². The Kier molecular flexibility index (Phi) is 8.35. The van der Waals surface area contributed by atoms with E-state index in [2.05, 4.69) is 24.5 Å². The molecule has 3 N–H and O–H groups in total. The third-order valence-corrected chi connectivity index (χ3v) is 10.8. The van der Waals surface area contributed by atoms with Crippen LogP contribution in [0.3, 0.4) is 0 Å². The Bertz CT molecular complexity index is 959. The van der Waals surface area contributed by atoms with E-state index in [4.69, 9.17) is 0 Å². The van der Waals surface area contributed by atoms with Crippen LogP contribution in [-0.4, -0.2) is 63.0 Å². The summed E-state index contributed by atoms with van der Waals surface area (Å²) in [7, 11) is 0. The number of carbonyl (C=O) groups excluding carboxylic acids is 3. The SMILES string of the molecule is CCCCNC(=O)C1N([C@@H](CO)[C@@H](C)CC)C(=O)[C@@H]2[C@@H](C(=O)NCc3ccccc3)[C@H]3CC(C)C12S3. The maximum Gasteiger partial charge on any atom is 0.244 e. The van der Waals surface area contributed by atoms with E-state index in [0.29, 0.717) is 13.1 Å². The van der Waals surface area contributed by atoms with Crippen molar-refractivity contribution in [3.63, 3.8) is 0 Å². The molecule has 1 aromatic rings. The first-order chi connectivity index (χ1) is 17.3. The topological polar surface area (TPSA) is 98.7 Å². The number of hydrogen-bond acceptors (Lipinski definition) is 5. The van der Waals surface area contributed by atoms with Crippen molar-refractivity contribution >= 4 is 29.5 Å². The molecule has 1 spiro atoms. The molecule has 3 heterocycles. The number of nitrogens with one attached hydrogen (secondary N) is 2. The Morgan fingerprint density at radius 1 is 1.19 bits per heavy atom. The first kappa shape index (κ1) is 27.0. The average Bonchev–Trinajstić information content (AvgIpc) is 3.47. The number of unbranched alkanes of at least 4 members (excludes halogenated alkanes) is 1. The highest BCUT2D eigenvalue weighted by Crippen LogP contribution is 2.68. The van der Waals surface area contributed by atoms with Crippen molar-refractivity contribution in [2.45, 2.75) is 82.0 Å². The molecule has 0 aromatic heterocycles. The predicted octanol–water partition coefficient (Wildman–Crippen LogP) is 2.96. The quantitative estimate of drug-likeness (QED) is 0.394. The van der Waals surface area contributed by atoms with Crippen LogP contribution >= 0.6 is 11.8 Å². The minimum absolute atomic E-state index is 0.00832. The molecule has 0 aliphatic carbocycles. The normalized spacial score (nSPS) is 32.3. The van der Waals surface area contributed by atoms with Gasteiger partial charge in [0.05, 0.1) is 29.2 Å². The Morgan fingerprint density at radius 2 is 1.92 bits per heavy atom. The minimum Gasteiger partial charge on any atom is -0.394 e. The van der Waals surface area contributed by atoms with Gasteiger partial charge >= 0.3 is 0 Å². The van der Waals surface area contributed by atoms with E-state index in [1.54, 1.807) is 16.7 Å². The van der Waals surface area contributed by atoms with Crippen LogP contribution in [0.15, 0.2) is 30.3 Å². The molecule has 36 heavy (non-hydrogen) atoms. The molecule has 3 aliphatic rings. The van der Waals surface area contributed by atoms with Crippen LogP contribution in [0.25, 0.3) is 0 Å². The lowest BCUT2D eigenvalue weighted by Gasteiger charge is -2.41. The number of fused-ring (bicyclic) bond motifs is 1. The molecular weight excluding hydrogens is 474 g/mol. The van der Waals surface area contributed by atoms with Crippen LogP contribution in [-0.2, 0) is 20.9 Å². The summed E-state index contributed by atoms with van der Waals surface area (Å²) in [5, 5.41) is 16.6. The highest BCUT2D eigenvalue weighted by molar-refractivity contribution is 8.02. The second-order valence-corrected chi connectivity index (χ2v) is 12.3. The van der Waals surface area contributed by atoms with E-state index in [0.717, 1.165) is 31.2 Å². The van der Waals surface area contributed by atoms with Crippen LogP contribution in [0.1, 0.15) is 58.9 Å². The molecule has 0 radical (unpaired) electrons. The predicted molar refractivity (Wildman–Crippen MR) is 142 cm³/mol. The van der Waals surface area contributed by atoms with Gasteiger partial charge in [0, 0.05) is 18.3 Å². The molecule has 2 bridgehead atoms. The fourth-order valence-electron chi connectivity index (χ4n) is 6.62. The van der Waals surface area contributed by atoms with E-state index < -0.39 is 28.7 Å².